The predicted molar refractivity (Wildman–Crippen MR) is 88.1 cm³/mol. The molecule has 3 aliphatic rings. The molecule has 1 saturated heterocycles. The van der Waals surface area contributed by atoms with Crippen LogP contribution in [0.15, 0.2) is 16.9 Å². The van der Waals surface area contributed by atoms with Gasteiger partial charge in [-0.1, -0.05) is 6.92 Å². The molecule has 0 aromatic carbocycles. The maximum atomic E-state index is 12.4. The number of hydrogen-bond acceptors (Lipinski definition) is 5. The van der Waals surface area contributed by atoms with Crippen LogP contribution in [0.1, 0.15) is 19.7 Å². The summed E-state index contributed by atoms with van der Waals surface area (Å²) in [5.74, 6) is -0.850. The molecule has 0 bridgehead atoms. The van der Waals surface area contributed by atoms with E-state index < -0.39 is 18.0 Å². The zero-order valence-electron chi connectivity index (χ0n) is 14.3. The summed E-state index contributed by atoms with van der Waals surface area (Å²) in [5.41, 5.74) is 0.0957. The molecule has 25 heavy (non-hydrogen) atoms. The van der Waals surface area contributed by atoms with E-state index in [1.165, 1.54) is 4.90 Å². The fourth-order valence-electron chi connectivity index (χ4n) is 4.26. The minimum absolute atomic E-state index is 0.0879. The van der Waals surface area contributed by atoms with Crippen molar-refractivity contribution in [1.82, 2.24) is 14.7 Å². The van der Waals surface area contributed by atoms with Crippen molar-refractivity contribution < 1.29 is 24.4 Å². The Morgan fingerprint density at radius 2 is 2.24 bits per heavy atom. The van der Waals surface area contributed by atoms with Crippen LogP contribution in [0.25, 0.3) is 0 Å². The van der Waals surface area contributed by atoms with E-state index in [4.69, 9.17) is 0 Å². The summed E-state index contributed by atoms with van der Waals surface area (Å²) in [6, 6.07) is -0.254. The van der Waals surface area contributed by atoms with Crippen LogP contribution in [0.2, 0.25) is 0 Å². The Bertz CT molecular complexity index is 802. The number of β-lactam (4-membered cyclic amide) rings is 1. The Labute approximate surface area is 149 Å². The van der Waals surface area contributed by atoms with E-state index >= 15 is 0 Å². The van der Waals surface area contributed by atoms with Gasteiger partial charge >= 0.3 is 5.97 Å². The van der Waals surface area contributed by atoms with E-state index in [0.717, 1.165) is 23.7 Å². The van der Waals surface area contributed by atoms with Crippen LogP contribution in [-0.2, 0) is 29.6 Å². The van der Waals surface area contributed by atoms with Gasteiger partial charge in [-0.05, 0) is 6.92 Å². The molecule has 4 heterocycles. The Balaban J connectivity index is 1.60. The molecule has 0 radical (unpaired) electrons. The van der Waals surface area contributed by atoms with Crippen molar-refractivity contribution in [1.29, 1.82) is 0 Å². The third-order valence-electron chi connectivity index (χ3n) is 5.46. The van der Waals surface area contributed by atoms with E-state index in [1.54, 1.807) is 25.0 Å². The molecule has 0 aliphatic carbocycles. The molecule has 1 aromatic rings. The van der Waals surface area contributed by atoms with Gasteiger partial charge in [0.15, 0.2) is 0 Å². The Hall–Kier alpha value is -1.87. The number of hydrogen-bond donors (Lipinski definition) is 2. The van der Waals surface area contributed by atoms with Crippen LogP contribution in [-0.4, -0.2) is 54.2 Å². The van der Waals surface area contributed by atoms with Gasteiger partial charge in [0.1, 0.15) is 12.2 Å². The second kappa shape index (κ2) is 5.57. The number of carbonyl (C=O) groups excluding carboxylic acids is 1. The van der Waals surface area contributed by atoms with Crippen LogP contribution in [0.3, 0.4) is 0 Å². The third-order valence-corrected chi connectivity index (χ3v) is 6.93. The molecule has 4 rings (SSSR count). The highest BCUT2D eigenvalue weighted by molar-refractivity contribution is 8.03. The van der Waals surface area contributed by atoms with Crippen molar-refractivity contribution in [3.05, 3.63) is 22.8 Å². The molecule has 5 atom stereocenters. The number of carboxylic acids is 1. The average molecular weight is 365 g/mol. The average Bonchev–Trinajstić information content (AvgIpc) is 3.14. The van der Waals surface area contributed by atoms with Gasteiger partial charge in [-0.15, -0.1) is 16.4 Å². The summed E-state index contributed by atoms with van der Waals surface area (Å²) < 4.78 is 3.92. The largest absolute Gasteiger partial charge is 0.477 e. The number of amides is 1. The molecule has 1 fully saturated rings. The van der Waals surface area contributed by atoms with E-state index in [0.29, 0.717) is 0 Å². The predicted octanol–water partition coefficient (Wildman–Crippen LogP) is -0.481. The Kier molecular flexibility index (Phi) is 3.69. The van der Waals surface area contributed by atoms with Crippen molar-refractivity contribution in [2.75, 3.05) is 0 Å². The lowest BCUT2D eigenvalue weighted by Crippen LogP contribution is -2.63. The quantitative estimate of drug-likeness (QED) is 0.552. The number of fused-ring (bicyclic) bond motifs is 2. The van der Waals surface area contributed by atoms with Gasteiger partial charge in [0.25, 0.3) is 6.33 Å². The molecular formula is C16H21N4O4S+. The summed E-state index contributed by atoms with van der Waals surface area (Å²) in [7, 11) is 1.95. The fraction of sp³-hybridized carbons (Fsp3) is 0.625. The first-order valence-electron chi connectivity index (χ1n) is 8.36. The Morgan fingerprint density at radius 3 is 2.84 bits per heavy atom. The van der Waals surface area contributed by atoms with Gasteiger partial charge < -0.3 is 15.1 Å². The first-order valence-corrected chi connectivity index (χ1v) is 9.24. The number of aliphatic hydroxyl groups is 1. The number of aryl methyl sites for hydroxylation is 1. The van der Waals surface area contributed by atoms with Gasteiger partial charge in [-0.2, -0.15) is 0 Å². The summed E-state index contributed by atoms with van der Waals surface area (Å²) in [6.07, 6.45) is 1.81. The van der Waals surface area contributed by atoms with Crippen molar-refractivity contribution in [2.45, 2.75) is 44.2 Å². The molecule has 0 saturated carbocycles. The minimum atomic E-state index is -1.07. The van der Waals surface area contributed by atoms with Gasteiger partial charge in [-0.3, -0.25) is 4.79 Å². The molecule has 1 amide bonds. The molecule has 0 spiro atoms. The van der Waals surface area contributed by atoms with Gasteiger partial charge in [0.2, 0.25) is 11.7 Å². The lowest BCUT2D eigenvalue weighted by atomic mass is 9.79. The highest BCUT2D eigenvalue weighted by Crippen LogP contribution is 2.51. The molecule has 3 aliphatic heterocycles. The van der Waals surface area contributed by atoms with Crippen molar-refractivity contribution in [3.63, 3.8) is 0 Å². The smallest absolute Gasteiger partial charge is 0.353 e. The first kappa shape index (κ1) is 16.6. The number of aliphatic carboxylic acids is 1. The van der Waals surface area contributed by atoms with E-state index in [2.05, 4.69) is 5.10 Å². The number of carbonyl (C=O) groups is 2. The number of thioether (sulfide) groups is 1. The normalized spacial score (nSPS) is 31.8. The van der Waals surface area contributed by atoms with Crippen LogP contribution < -0.4 is 4.57 Å². The van der Waals surface area contributed by atoms with Crippen molar-refractivity contribution >= 4 is 23.6 Å². The standard InChI is InChI=1S/C16H20N4O4S/c1-7-12-11(8(2)21)15(22)20(12)13(16(23)24)14(7)25-9-4-10-18(3)6-17-19(10)5-9/h6-9,11-12,21H,4-5H2,1-3H3/p+1/t7-,8-,9?,11-,12-/m1/s1. The zero-order valence-corrected chi connectivity index (χ0v) is 15.1. The molecule has 1 aromatic heterocycles. The first-order chi connectivity index (χ1) is 11.8. The molecule has 1 unspecified atom stereocenters. The number of carboxylic acid groups (broad SMARTS) is 1. The van der Waals surface area contributed by atoms with E-state index in [-0.39, 0.29) is 28.8 Å². The summed E-state index contributed by atoms with van der Waals surface area (Å²) in [4.78, 5) is 26.3. The molecule has 2 N–H and O–H groups in total. The lowest BCUT2D eigenvalue weighted by molar-refractivity contribution is -0.679. The maximum Gasteiger partial charge on any atom is 0.353 e. The molecule has 134 valence electrons. The number of rotatable bonds is 4. The number of nitrogens with zero attached hydrogens (tertiary/aromatic N) is 4. The zero-order chi connectivity index (χ0) is 18.0. The highest BCUT2D eigenvalue weighted by Gasteiger charge is 2.60. The van der Waals surface area contributed by atoms with Crippen LogP contribution >= 0.6 is 11.8 Å². The SMILES string of the molecule is C[C@@H](O)[C@H]1C(=O)N2C(C(=O)O)=C(SC3Cc4n(nc[n+]4C)C3)[C@H](C)[C@H]12. The van der Waals surface area contributed by atoms with Crippen LogP contribution in [0, 0.1) is 11.8 Å². The maximum absolute atomic E-state index is 12.4. The second-order valence-electron chi connectivity index (χ2n) is 7.06. The second-order valence-corrected chi connectivity index (χ2v) is 8.40. The van der Waals surface area contributed by atoms with Crippen molar-refractivity contribution in [2.24, 2.45) is 18.9 Å². The fourth-order valence-corrected chi connectivity index (χ4v) is 5.71. The minimum Gasteiger partial charge on any atom is -0.477 e. The highest BCUT2D eigenvalue weighted by atomic mass is 32.2. The number of aliphatic hydroxyl groups excluding tert-OH is 1. The summed E-state index contributed by atoms with van der Waals surface area (Å²) in [6.45, 7) is 4.27. The topological polar surface area (TPSA) is 99.5 Å². The van der Waals surface area contributed by atoms with Gasteiger partial charge in [0.05, 0.1) is 36.8 Å². The van der Waals surface area contributed by atoms with Gasteiger partial charge in [0, 0.05) is 15.9 Å². The van der Waals surface area contributed by atoms with Crippen LogP contribution in [0.5, 0.6) is 0 Å². The molecule has 8 nitrogen and oxygen atoms in total. The van der Waals surface area contributed by atoms with E-state index in [9.17, 15) is 19.8 Å². The van der Waals surface area contributed by atoms with Crippen LogP contribution in [0.4, 0.5) is 0 Å². The van der Waals surface area contributed by atoms with Gasteiger partial charge in [-0.25, -0.2) is 9.36 Å². The molecule has 9 heteroatoms. The Morgan fingerprint density at radius 1 is 1.52 bits per heavy atom. The van der Waals surface area contributed by atoms with E-state index in [1.807, 2.05) is 23.2 Å². The summed E-state index contributed by atoms with van der Waals surface area (Å²) in [5, 5.41) is 24.1. The monoisotopic (exact) mass is 365 g/mol. The summed E-state index contributed by atoms with van der Waals surface area (Å²) >= 11 is 1.54. The number of aromatic nitrogens is 3. The lowest BCUT2D eigenvalue weighted by Gasteiger charge is -2.46. The molecular weight excluding hydrogens is 344 g/mol. The van der Waals surface area contributed by atoms with Crippen molar-refractivity contribution in [3.8, 4) is 0 Å². The third kappa shape index (κ3) is 2.25.